The number of benzene rings is 11. The summed E-state index contributed by atoms with van der Waals surface area (Å²) in [6.45, 7) is 0. The number of nitrogens with zero attached hydrogens (tertiary/aromatic N) is 4. The maximum absolute atomic E-state index is 5.55. The lowest BCUT2D eigenvalue weighted by Gasteiger charge is -2.25. The van der Waals surface area contributed by atoms with Crippen molar-refractivity contribution < 1.29 is 0 Å². The molecule has 0 bridgehead atoms. The van der Waals surface area contributed by atoms with Gasteiger partial charge in [0.1, 0.15) is 0 Å². The van der Waals surface area contributed by atoms with E-state index in [1.807, 2.05) is 18.2 Å². The first kappa shape index (κ1) is 36.9. The van der Waals surface area contributed by atoms with Crippen LogP contribution < -0.4 is 0 Å². The third-order valence-corrected chi connectivity index (χ3v) is 13.0. The molecule has 0 radical (unpaired) electrons. The maximum Gasteiger partial charge on any atom is 0.165 e. The second-order valence-electron chi connectivity index (χ2n) is 16.7. The summed E-state index contributed by atoms with van der Waals surface area (Å²) in [5, 5.41) is 11.6. The Kier molecular flexibility index (Phi) is 8.50. The van der Waals surface area contributed by atoms with Crippen LogP contribution in [0.15, 0.2) is 231 Å². The summed E-state index contributed by atoms with van der Waals surface area (Å²) < 4.78 is 2.54. The normalized spacial score (nSPS) is 11.7. The molecule has 0 atom stereocenters. The molecule has 4 heteroatoms. The molecule has 0 saturated heterocycles. The number of rotatable bonds is 6. The number of hydrogen-bond donors (Lipinski definition) is 0. The Balaban J connectivity index is 1.24. The summed E-state index contributed by atoms with van der Waals surface area (Å²) in [6.07, 6.45) is 0. The van der Waals surface area contributed by atoms with E-state index in [-0.39, 0.29) is 0 Å². The molecule has 11 aromatic carbocycles. The van der Waals surface area contributed by atoms with Gasteiger partial charge in [-0.1, -0.05) is 206 Å². The van der Waals surface area contributed by atoms with Gasteiger partial charge in [0, 0.05) is 44.0 Å². The van der Waals surface area contributed by atoms with E-state index >= 15 is 0 Å². The van der Waals surface area contributed by atoms with E-state index < -0.39 is 0 Å². The van der Waals surface area contributed by atoms with E-state index in [0.29, 0.717) is 17.5 Å². The molecular formula is C61H38N4. The first-order chi connectivity index (χ1) is 32.2. The molecule has 302 valence electrons. The van der Waals surface area contributed by atoms with E-state index in [9.17, 15) is 0 Å². The van der Waals surface area contributed by atoms with Crippen LogP contribution in [0.3, 0.4) is 0 Å². The highest BCUT2D eigenvalue weighted by Crippen LogP contribution is 2.51. The summed E-state index contributed by atoms with van der Waals surface area (Å²) in [5.41, 5.74) is 10.5. The molecule has 0 saturated carbocycles. The molecule has 0 fully saturated rings. The smallest absolute Gasteiger partial charge is 0.165 e. The van der Waals surface area contributed by atoms with Crippen LogP contribution in [0.4, 0.5) is 0 Å². The van der Waals surface area contributed by atoms with Crippen molar-refractivity contribution in [2.24, 2.45) is 0 Å². The fraction of sp³-hybridized carbons (Fsp3) is 0. The van der Waals surface area contributed by atoms with Crippen LogP contribution in [0.5, 0.6) is 0 Å². The minimum Gasteiger partial charge on any atom is -0.308 e. The van der Waals surface area contributed by atoms with Gasteiger partial charge in [-0.05, 0) is 73.1 Å². The summed E-state index contributed by atoms with van der Waals surface area (Å²) in [5.74, 6) is 1.85. The lowest BCUT2D eigenvalue weighted by atomic mass is 9.84. The highest BCUT2D eigenvalue weighted by atomic mass is 15.0. The van der Waals surface area contributed by atoms with Crippen molar-refractivity contribution in [3.63, 3.8) is 0 Å². The van der Waals surface area contributed by atoms with E-state index in [1.54, 1.807) is 0 Å². The standard InChI is InChI=1S/C61H38N4/c1-4-20-40(21-5-1)55-56(41-22-6-2-7-23-41)58(65-53-37-45-28-12-10-26-43(45)35-51(53)52-36-44-27-11-13-29-46(44)38-54(52)65)49-33-17-16-32-48(49)57(55)61-63-59(42-24-8-3-9-25-42)62-60(64-61)50-34-18-30-39-19-14-15-31-47(39)50/h1-38H. The van der Waals surface area contributed by atoms with Gasteiger partial charge in [0.05, 0.1) is 16.7 Å². The van der Waals surface area contributed by atoms with Crippen molar-refractivity contribution in [1.82, 2.24) is 19.5 Å². The Morgan fingerprint density at radius 2 is 0.692 bits per heavy atom. The van der Waals surface area contributed by atoms with Gasteiger partial charge >= 0.3 is 0 Å². The first-order valence-electron chi connectivity index (χ1n) is 22.1. The van der Waals surface area contributed by atoms with Crippen LogP contribution in [0.25, 0.3) is 127 Å². The van der Waals surface area contributed by atoms with Crippen LogP contribution in [-0.2, 0) is 0 Å². The van der Waals surface area contributed by atoms with E-state index in [1.165, 1.54) is 32.3 Å². The van der Waals surface area contributed by atoms with E-state index in [4.69, 9.17) is 15.0 Å². The Hall–Kier alpha value is -8.73. The van der Waals surface area contributed by atoms with Gasteiger partial charge in [0.25, 0.3) is 0 Å². The summed E-state index contributed by atoms with van der Waals surface area (Å²) in [7, 11) is 0. The average molecular weight is 827 g/mol. The minimum absolute atomic E-state index is 0.611. The summed E-state index contributed by atoms with van der Waals surface area (Å²) >= 11 is 0. The zero-order valence-electron chi connectivity index (χ0n) is 35.2. The largest absolute Gasteiger partial charge is 0.308 e. The van der Waals surface area contributed by atoms with Crippen molar-refractivity contribution in [1.29, 1.82) is 0 Å². The molecule has 2 heterocycles. The van der Waals surface area contributed by atoms with Gasteiger partial charge in [-0.3, -0.25) is 0 Å². The zero-order chi connectivity index (χ0) is 42.8. The van der Waals surface area contributed by atoms with Crippen LogP contribution >= 0.6 is 0 Å². The molecule has 2 aromatic heterocycles. The molecule has 0 spiro atoms. The monoisotopic (exact) mass is 826 g/mol. The SMILES string of the molecule is c1ccc(-c2nc(-c3cccc4ccccc34)nc(-c3c(-c4ccccc4)c(-c4ccccc4)c(-n4c5cc6ccccc6cc5c5cc6ccccc6cc54)c4ccccc34)n2)cc1. The highest BCUT2D eigenvalue weighted by Gasteiger charge is 2.28. The summed E-state index contributed by atoms with van der Waals surface area (Å²) in [6, 6.07) is 82.5. The minimum atomic E-state index is 0.611. The molecule has 0 amide bonds. The topological polar surface area (TPSA) is 43.6 Å². The van der Waals surface area contributed by atoms with Gasteiger partial charge in [0.2, 0.25) is 0 Å². The lowest BCUT2D eigenvalue weighted by Crippen LogP contribution is -2.06. The Morgan fingerprint density at radius 1 is 0.262 bits per heavy atom. The van der Waals surface area contributed by atoms with Crippen molar-refractivity contribution in [3.8, 4) is 62.1 Å². The summed E-state index contributed by atoms with van der Waals surface area (Å²) in [4.78, 5) is 16.3. The van der Waals surface area contributed by atoms with Crippen LogP contribution in [-0.4, -0.2) is 19.5 Å². The van der Waals surface area contributed by atoms with Gasteiger partial charge in [-0.2, -0.15) is 0 Å². The predicted octanol–water partition coefficient (Wildman–Crippen LogP) is 15.9. The average Bonchev–Trinajstić information content (AvgIpc) is 3.67. The van der Waals surface area contributed by atoms with E-state index in [2.05, 4.69) is 217 Å². The Morgan fingerprint density at radius 3 is 1.29 bits per heavy atom. The second-order valence-corrected chi connectivity index (χ2v) is 16.7. The molecule has 4 nitrogen and oxygen atoms in total. The third-order valence-electron chi connectivity index (χ3n) is 13.0. The predicted molar refractivity (Wildman–Crippen MR) is 271 cm³/mol. The molecule has 0 aliphatic heterocycles. The maximum atomic E-state index is 5.55. The first-order valence-corrected chi connectivity index (χ1v) is 22.1. The molecule has 65 heavy (non-hydrogen) atoms. The van der Waals surface area contributed by atoms with Crippen molar-refractivity contribution >= 4 is 64.9 Å². The van der Waals surface area contributed by atoms with Crippen LogP contribution in [0.1, 0.15) is 0 Å². The van der Waals surface area contributed by atoms with Gasteiger partial charge in [0.15, 0.2) is 17.5 Å². The molecule has 13 aromatic rings. The molecule has 0 N–H and O–H groups in total. The molecule has 0 unspecified atom stereocenters. The molecular weight excluding hydrogens is 789 g/mol. The van der Waals surface area contributed by atoms with Crippen LogP contribution in [0, 0.1) is 0 Å². The van der Waals surface area contributed by atoms with E-state index in [0.717, 1.165) is 77.2 Å². The Bertz CT molecular complexity index is 3890. The fourth-order valence-electron chi connectivity index (χ4n) is 10.0. The zero-order valence-corrected chi connectivity index (χ0v) is 35.2. The molecule has 0 aliphatic rings. The quantitative estimate of drug-likeness (QED) is 0.168. The second kappa shape index (κ2) is 15.0. The van der Waals surface area contributed by atoms with Crippen LogP contribution in [0.2, 0.25) is 0 Å². The third kappa shape index (κ3) is 6.03. The molecule has 0 aliphatic carbocycles. The number of fused-ring (bicyclic) bond motifs is 7. The van der Waals surface area contributed by atoms with Gasteiger partial charge in [-0.15, -0.1) is 0 Å². The van der Waals surface area contributed by atoms with Crippen molar-refractivity contribution in [2.75, 3.05) is 0 Å². The van der Waals surface area contributed by atoms with Gasteiger partial charge < -0.3 is 4.57 Å². The number of aromatic nitrogens is 4. The van der Waals surface area contributed by atoms with Gasteiger partial charge in [-0.25, -0.2) is 15.0 Å². The fourth-order valence-corrected chi connectivity index (χ4v) is 10.0. The number of hydrogen-bond acceptors (Lipinski definition) is 3. The van der Waals surface area contributed by atoms with Crippen molar-refractivity contribution in [3.05, 3.63) is 231 Å². The van der Waals surface area contributed by atoms with Crippen molar-refractivity contribution in [2.45, 2.75) is 0 Å². The highest BCUT2D eigenvalue weighted by molar-refractivity contribution is 6.21. The Labute approximate surface area is 375 Å². The lowest BCUT2D eigenvalue weighted by molar-refractivity contribution is 1.08. The molecule has 13 rings (SSSR count).